The molecule has 0 fully saturated rings. The molecule has 0 aromatic heterocycles. The molecule has 159 valence electrons. The SMILES string of the molecule is CCc1[c]c(Br)c(-c2ccccc2Cl)c(C(F)(C(F)(F)F)C(F)(F)C(F)(F)F)c1. The van der Waals surface area contributed by atoms with E-state index >= 15 is 4.39 Å². The molecule has 0 aliphatic heterocycles. The molecular formula is C18H10BrClF9. The van der Waals surface area contributed by atoms with Gasteiger partial charge in [-0.05, 0) is 34.0 Å². The van der Waals surface area contributed by atoms with Crippen LogP contribution in [0.4, 0.5) is 39.5 Å². The van der Waals surface area contributed by atoms with Crippen molar-refractivity contribution < 1.29 is 39.5 Å². The molecule has 29 heavy (non-hydrogen) atoms. The molecule has 0 saturated heterocycles. The van der Waals surface area contributed by atoms with Crippen molar-refractivity contribution in [3.63, 3.8) is 0 Å². The standard InChI is InChI=1S/C18H10BrClF9/c1-2-9-7-11(14(12(19)8-9)10-5-3-4-6-13(10)20)15(21,17(24,25)26)16(22,23)18(27,28)29/h3-7H,2H2,1H3. The first kappa shape index (κ1) is 23.9. The van der Waals surface area contributed by atoms with Crippen LogP contribution < -0.4 is 0 Å². The van der Waals surface area contributed by atoms with Crippen molar-refractivity contribution in [3.8, 4) is 11.1 Å². The van der Waals surface area contributed by atoms with Gasteiger partial charge in [0, 0.05) is 32.3 Å². The predicted molar refractivity (Wildman–Crippen MR) is 92.6 cm³/mol. The van der Waals surface area contributed by atoms with Crippen molar-refractivity contribution in [1.29, 1.82) is 0 Å². The third kappa shape index (κ3) is 3.85. The summed E-state index contributed by atoms with van der Waals surface area (Å²) in [4.78, 5) is 0. The molecule has 0 spiro atoms. The number of hydrogen-bond acceptors (Lipinski definition) is 0. The number of rotatable bonds is 4. The van der Waals surface area contributed by atoms with Gasteiger partial charge in [0.25, 0.3) is 0 Å². The van der Waals surface area contributed by atoms with E-state index in [1.807, 2.05) is 0 Å². The van der Waals surface area contributed by atoms with Gasteiger partial charge in [-0.25, -0.2) is 4.39 Å². The van der Waals surface area contributed by atoms with Crippen molar-refractivity contribution in [3.05, 3.63) is 57.0 Å². The maximum absolute atomic E-state index is 15.2. The van der Waals surface area contributed by atoms with Gasteiger partial charge in [-0.2, -0.15) is 35.1 Å². The van der Waals surface area contributed by atoms with Crippen molar-refractivity contribution in [2.75, 3.05) is 0 Å². The third-order valence-corrected chi connectivity index (χ3v) is 5.08. The maximum Gasteiger partial charge on any atom is 0.457 e. The Balaban J connectivity index is 3.06. The monoisotopic (exact) mass is 511 g/mol. The highest BCUT2D eigenvalue weighted by Gasteiger charge is 2.82. The number of hydrogen-bond donors (Lipinski definition) is 0. The van der Waals surface area contributed by atoms with Crippen LogP contribution in [-0.4, -0.2) is 18.3 Å². The van der Waals surface area contributed by atoms with Crippen molar-refractivity contribution in [2.24, 2.45) is 0 Å². The third-order valence-electron chi connectivity index (χ3n) is 4.15. The Kier molecular flexibility index (Phi) is 6.32. The molecule has 0 N–H and O–H groups in total. The van der Waals surface area contributed by atoms with Crippen LogP contribution in [0.25, 0.3) is 11.1 Å². The van der Waals surface area contributed by atoms with Gasteiger partial charge in [0.15, 0.2) is 0 Å². The topological polar surface area (TPSA) is 0 Å². The lowest BCUT2D eigenvalue weighted by Crippen LogP contribution is -2.60. The minimum Gasteiger partial charge on any atom is -0.221 e. The molecule has 0 saturated carbocycles. The molecule has 2 aromatic rings. The number of benzene rings is 2. The van der Waals surface area contributed by atoms with Crippen LogP contribution in [0, 0.1) is 6.07 Å². The van der Waals surface area contributed by atoms with E-state index in [1.165, 1.54) is 19.1 Å². The lowest BCUT2D eigenvalue weighted by Gasteiger charge is -2.37. The van der Waals surface area contributed by atoms with Crippen molar-refractivity contribution in [2.45, 2.75) is 37.3 Å². The van der Waals surface area contributed by atoms with Gasteiger partial charge < -0.3 is 0 Å². The van der Waals surface area contributed by atoms with Crippen LogP contribution in [0.2, 0.25) is 5.02 Å². The Morgan fingerprint density at radius 2 is 1.48 bits per heavy atom. The average Bonchev–Trinajstić information content (AvgIpc) is 2.59. The Hall–Kier alpha value is -1.42. The highest BCUT2D eigenvalue weighted by Crippen LogP contribution is 2.60. The largest absolute Gasteiger partial charge is 0.457 e. The summed E-state index contributed by atoms with van der Waals surface area (Å²) < 4.78 is 122. The van der Waals surface area contributed by atoms with E-state index in [-0.39, 0.29) is 22.6 Å². The number of alkyl halides is 9. The molecule has 2 aromatic carbocycles. The van der Waals surface area contributed by atoms with E-state index < -0.39 is 39.5 Å². The molecule has 1 atom stereocenters. The normalized spacial score (nSPS) is 15.3. The first-order chi connectivity index (χ1) is 13.1. The highest BCUT2D eigenvalue weighted by molar-refractivity contribution is 9.10. The maximum atomic E-state index is 15.2. The second-order valence-electron chi connectivity index (χ2n) is 5.96. The smallest absolute Gasteiger partial charge is 0.221 e. The fourth-order valence-corrected chi connectivity index (χ4v) is 3.60. The molecule has 0 aliphatic carbocycles. The first-order valence-electron chi connectivity index (χ1n) is 7.79. The van der Waals surface area contributed by atoms with Crippen molar-refractivity contribution >= 4 is 27.5 Å². The molecule has 2 rings (SSSR count). The van der Waals surface area contributed by atoms with Gasteiger partial charge >= 0.3 is 23.9 Å². The molecule has 1 unspecified atom stereocenters. The van der Waals surface area contributed by atoms with Crippen LogP contribution in [0.3, 0.4) is 0 Å². The van der Waals surface area contributed by atoms with E-state index in [1.54, 1.807) is 0 Å². The van der Waals surface area contributed by atoms with Crippen LogP contribution >= 0.6 is 27.5 Å². The Labute approximate surface area is 172 Å². The molecule has 0 amide bonds. The molecule has 1 radical (unpaired) electrons. The predicted octanol–water partition coefficient (Wildman–Crippen LogP) is 8.06. The summed E-state index contributed by atoms with van der Waals surface area (Å²) in [7, 11) is 0. The number of aryl methyl sites for hydroxylation is 1. The quantitative estimate of drug-likeness (QED) is 0.364. The molecule has 0 aliphatic rings. The first-order valence-corrected chi connectivity index (χ1v) is 8.97. The fraction of sp³-hybridized carbons (Fsp3) is 0.333. The zero-order valence-electron chi connectivity index (χ0n) is 14.3. The van der Waals surface area contributed by atoms with E-state index in [0.717, 1.165) is 12.1 Å². The summed E-state index contributed by atoms with van der Waals surface area (Å²) in [6.45, 7) is 1.38. The summed E-state index contributed by atoms with van der Waals surface area (Å²) in [5, 5.41) is -0.285. The summed E-state index contributed by atoms with van der Waals surface area (Å²) in [6.07, 6.45) is -13.6. The van der Waals surface area contributed by atoms with Gasteiger partial charge in [0.05, 0.1) is 0 Å². The summed E-state index contributed by atoms with van der Waals surface area (Å²) in [5.74, 6) is -6.79. The van der Waals surface area contributed by atoms with Gasteiger partial charge in [0.2, 0.25) is 0 Å². The van der Waals surface area contributed by atoms with Gasteiger partial charge in [-0.3, -0.25) is 0 Å². The fourth-order valence-electron chi connectivity index (χ4n) is 2.69. The zero-order chi connectivity index (χ0) is 22.4. The minimum atomic E-state index is -6.83. The molecule has 11 heteroatoms. The van der Waals surface area contributed by atoms with Crippen molar-refractivity contribution in [1.82, 2.24) is 0 Å². The number of halogens is 11. The van der Waals surface area contributed by atoms with E-state index in [2.05, 4.69) is 22.0 Å². The van der Waals surface area contributed by atoms with E-state index in [4.69, 9.17) is 11.6 Å². The summed E-state index contributed by atoms with van der Waals surface area (Å²) >= 11 is 8.71. The summed E-state index contributed by atoms with van der Waals surface area (Å²) in [5.41, 5.74) is -9.50. The molecule has 0 nitrogen and oxygen atoms in total. The van der Waals surface area contributed by atoms with Crippen LogP contribution in [-0.2, 0) is 12.1 Å². The Morgan fingerprint density at radius 1 is 0.931 bits per heavy atom. The second-order valence-corrected chi connectivity index (χ2v) is 7.16. The molecular weight excluding hydrogens is 503 g/mol. The zero-order valence-corrected chi connectivity index (χ0v) is 16.6. The van der Waals surface area contributed by atoms with Gasteiger partial charge in [-0.15, -0.1) is 0 Å². The van der Waals surface area contributed by atoms with E-state index in [0.29, 0.717) is 6.07 Å². The van der Waals surface area contributed by atoms with Gasteiger partial charge in [-0.1, -0.05) is 42.8 Å². The Morgan fingerprint density at radius 3 is 1.93 bits per heavy atom. The minimum absolute atomic E-state index is 0.111. The van der Waals surface area contributed by atoms with E-state index in [9.17, 15) is 35.1 Å². The second kappa shape index (κ2) is 7.68. The van der Waals surface area contributed by atoms with Gasteiger partial charge in [0.1, 0.15) is 0 Å². The lowest BCUT2D eigenvalue weighted by molar-refractivity contribution is -0.389. The Bertz CT molecular complexity index is 905. The molecule has 0 bridgehead atoms. The molecule has 0 heterocycles. The van der Waals surface area contributed by atoms with Crippen LogP contribution in [0.5, 0.6) is 0 Å². The highest BCUT2D eigenvalue weighted by atomic mass is 79.9. The average molecular weight is 513 g/mol. The summed E-state index contributed by atoms with van der Waals surface area (Å²) in [6, 6.07) is 7.63. The van der Waals surface area contributed by atoms with Crippen LogP contribution in [0.15, 0.2) is 34.8 Å². The van der Waals surface area contributed by atoms with Crippen LogP contribution in [0.1, 0.15) is 18.1 Å². The lowest BCUT2D eigenvalue weighted by atomic mass is 9.81.